The molecule has 1 aliphatic rings. The van der Waals surface area contributed by atoms with Crippen molar-refractivity contribution in [2.24, 2.45) is 0 Å². The van der Waals surface area contributed by atoms with Crippen LogP contribution in [0.3, 0.4) is 0 Å². The van der Waals surface area contributed by atoms with Crippen molar-refractivity contribution in [3.63, 3.8) is 0 Å². The summed E-state index contributed by atoms with van der Waals surface area (Å²) in [4.78, 5) is 0. The molecule has 41 heavy (non-hydrogen) atoms. The summed E-state index contributed by atoms with van der Waals surface area (Å²) in [5.74, 6) is 1.49. The molecule has 0 atom stereocenters. The van der Waals surface area contributed by atoms with Gasteiger partial charge in [-0.15, -0.1) is 0 Å². The Morgan fingerprint density at radius 2 is 1.17 bits per heavy atom. The van der Waals surface area contributed by atoms with E-state index in [-0.39, 0.29) is 0 Å². The van der Waals surface area contributed by atoms with Crippen LogP contribution in [0.4, 0.5) is 0 Å². The second-order valence-corrected chi connectivity index (χ2v) is 9.88. The molecule has 2 aromatic heterocycles. The van der Waals surface area contributed by atoms with Crippen LogP contribution in [0.2, 0.25) is 0 Å². The van der Waals surface area contributed by atoms with Gasteiger partial charge in [-0.25, -0.2) is 0 Å². The molecule has 0 radical (unpaired) electrons. The molecule has 196 valence electrons. The molecule has 3 heterocycles. The second kappa shape index (κ2) is 10.5. The SMILES string of the molecule is N=C(/C(=C1\NC(c2ccccc2)=Cc2ccccc21)c1cc(-c2ccco2)cc(-c2ccco2)c1)c1ccccc1. The van der Waals surface area contributed by atoms with Gasteiger partial charge >= 0.3 is 0 Å². The van der Waals surface area contributed by atoms with Crippen LogP contribution >= 0.6 is 0 Å². The molecule has 0 amide bonds. The van der Waals surface area contributed by atoms with Gasteiger partial charge in [-0.05, 0) is 65.2 Å². The third-order valence-electron chi connectivity index (χ3n) is 7.27. The van der Waals surface area contributed by atoms with Gasteiger partial charge in [0.1, 0.15) is 11.5 Å². The number of hydrogen-bond donors (Lipinski definition) is 2. The molecule has 0 fully saturated rings. The van der Waals surface area contributed by atoms with Crippen LogP contribution in [0.25, 0.3) is 45.7 Å². The molecule has 0 saturated heterocycles. The number of rotatable bonds is 6. The highest BCUT2D eigenvalue weighted by Gasteiger charge is 2.24. The normalized spacial score (nSPS) is 13.6. The Morgan fingerprint density at radius 1 is 0.561 bits per heavy atom. The fourth-order valence-electron chi connectivity index (χ4n) is 5.32. The van der Waals surface area contributed by atoms with Crippen LogP contribution in [-0.2, 0) is 0 Å². The molecule has 2 N–H and O–H groups in total. The molecular formula is C37H26N2O2. The minimum atomic E-state index is 0.416. The Balaban J connectivity index is 1.52. The van der Waals surface area contributed by atoms with Gasteiger partial charge in [0.25, 0.3) is 0 Å². The van der Waals surface area contributed by atoms with E-state index in [2.05, 4.69) is 59.9 Å². The standard InChI is InChI=1S/C37H26N2O2/c38-36(26-13-5-2-6-14-26)35(30-22-28(33-17-9-19-40-33)21-29(23-30)34-18-10-20-41-34)37-31-16-8-7-15-27(31)24-32(39-37)25-11-3-1-4-12-25/h1-24,38-39H/b37-35-,38-36?. The molecule has 0 bridgehead atoms. The first-order valence-electron chi connectivity index (χ1n) is 13.5. The lowest BCUT2D eigenvalue weighted by molar-refractivity contribution is 0.580. The molecule has 0 aliphatic carbocycles. The van der Waals surface area contributed by atoms with Gasteiger partial charge < -0.3 is 14.2 Å². The van der Waals surface area contributed by atoms with Crippen molar-refractivity contribution in [2.75, 3.05) is 0 Å². The van der Waals surface area contributed by atoms with E-state index < -0.39 is 0 Å². The van der Waals surface area contributed by atoms with Crippen molar-refractivity contribution in [1.82, 2.24) is 5.32 Å². The maximum absolute atomic E-state index is 9.60. The van der Waals surface area contributed by atoms with Crippen LogP contribution in [0, 0.1) is 5.41 Å². The lowest BCUT2D eigenvalue weighted by Gasteiger charge is -2.26. The van der Waals surface area contributed by atoms with Crippen molar-refractivity contribution < 1.29 is 8.83 Å². The topological polar surface area (TPSA) is 62.2 Å². The Morgan fingerprint density at radius 3 is 1.80 bits per heavy atom. The Bertz CT molecular complexity index is 1840. The average Bonchev–Trinajstić information content (AvgIpc) is 3.78. The van der Waals surface area contributed by atoms with Crippen LogP contribution in [0.1, 0.15) is 27.8 Å². The second-order valence-electron chi connectivity index (χ2n) is 9.88. The van der Waals surface area contributed by atoms with Crippen LogP contribution in [0.5, 0.6) is 0 Å². The number of hydrogen-bond acceptors (Lipinski definition) is 4. The first kappa shape index (κ1) is 24.4. The predicted octanol–water partition coefficient (Wildman–Crippen LogP) is 9.24. The third kappa shape index (κ3) is 4.72. The summed E-state index contributed by atoms with van der Waals surface area (Å²) in [6.07, 6.45) is 5.52. The molecule has 1 aliphatic heterocycles. The van der Waals surface area contributed by atoms with E-state index in [9.17, 15) is 5.41 Å². The monoisotopic (exact) mass is 530 g/mol. The average molecular weight is 531 g/mol. The molecule has 0 spiro atoms. The van der Waals surface area contributed by atoms with Crippen molar-refractivity contribution in [3.8, 4) is 22.6 Å². The van der Waals surface area contributed by atoms with E-state index in [1.54, 1.807) is 12.5 Å². The van der Waals surface area contributed by atoms with Gasteiger partial charge in [-0.3, -0.25) is 5.41 Å². The largest absolute Gasteiger partial charge is 0.464 e. The lowest BCUT2D eigenvalue weighted by Crippen LogP contribution is -2.20. The maximum atomic E-state index is 9.60. The van der Waals surface area contributed by atoms with Crippen LogP contribution in [-0.4, -0.2) is 5.71 Å². The molecular weight excluding hydrogens is 504 g/mol. The van der Waals surface area contributed by atoms with Gasteiger partial charge in [0.2, 0.25) is 0 Å². The van der Waals surface area contributed by atoms with Crippen LogP contribution in [0.15, 0.2) is 149 Å². The van der Waals surface area contributed by atoms with Gasteiger partial charge in [-0.1, -0.05) is 84.9 Å². The summed E-state index contributed by atoms with van der Waals surface area (Å²) in [5.41, 5.74) is 9.76. The summed E-state index contributed by atoms with van der Waals surface area (Å²) in [7, 11) is 0. The third-order valence-corrected chi connectivity index (χ3v) is 7.27. The predicted molar refractivity (Wildman–Crippen MR) is 166 cm³/mol. The van der Waals surface area contributed by atoms with Gasteiger partial charge in [-0.2, -0.15) is 0 Å². The molecule has 7 rings (SSSR count). The molecule has 4 heteroatoms. The highest BCUT2D eigenvalue weighted by Crippen LogP contribution is 2.39. The zero-order valence-corrected chi connectivity index (χ0v) is 22.2. The number of benzene rings is 4. The number of furan rings is 2. The molecule has 4 aromatic carbocycles. The summed E-state index contributed by atoms with van der Waals surface area (Å²) < 4.78 is 11.6. The van der Waals surface area contributed by atoms with E-state index >= 15 is 0 Å². The van der Waals surface area contributed by atoms with E-state index in [4.69, 9.17) is 8.83 Å². The van der Waals surface area contributed by atoms with E-state index in [1.165, 1.54) is 0 Å². The van der Waals surface area contributed by atoms with Crippen molar-refractivity contribution in [3.05, 3.63) is 168 Å². The van der Waals surface area contributed by atoms with Gasteiger partial charge in [0, 0.05) is 33.5 Å². The summed E-state index contributed by atoms with van der Waals surface area (Å²) >= 11 is 0. The van der Waals surface area contributed by atoms with Crippen molar-refractivity contribution >= 4 is 28.8 Å². The van der Waals surface area contributed by atoms with Crippen LogP contribution < -0.4 is 5.32 Å². The minimum absolute atomic E-state index is 0.416. The smallest absolute Gasteiger partial charge is 0.133 e. The molecule has 0 unspecified atom stereocenters. The van der Waals surface area contributed by atoms with E-state index in [1.807, 2.05) is 78.9 Å². The quantitative estimate of drug-likeness (QED) is 0.211. The maximum Gasteiger partial charge on any atom is 0.133 e. The molecule has 4 nitrogen and oxygen atoms in total. The number of allylic oxidation sites excluding steroid dienone is 1. The zero-order chi connectivity index (χ0) is 27.6. The first-order valence-corrected chi connectivity index (χ1v) is 13.5. The summed E-state index contributed by atoms with van der Waals surface area (Å²) in [5, 5.41) is 13.3. The van der Waals surface area contributed by atoms with E-state index in [0.717, 1.165) is 67.4 Å². The van der Waals surface area contributed by atoms with Gasteiger partial charge in [0.05, 0.1) is 23.9 Å². The van der Waals surface area contributed by atoms with Gasteiger partial charge in [0.15, 0.2) is 0 Å². The zero-order valence-electron chi connectivity index (χ0n) is 22.2. The highest BCUT2D eigenvalue weighted by molar-refractivity contribution is 6.36. The Hall–Kier alpha value is -5.61. The first-order chi connectivity index (χ1) is 20.2. The fraction of sp³-hybridized carbons (Fsp3) is 0. The van der Waals surface area contributed by atoms with Crippen molar-refractivity contribution in [2.45, 2.75) is 0 Å². The summed E-state index contributed by atoms with van der Waals surface area (Å²) in [6, 6.07) is 42.4. The highest BCUT2D eigenvalue weighted by atomic mass is 16.3. The van der Waals surface area contributed by atoms with Crippen molar-refractivity contribution in [1.29, 1.82) is 5.41 Å². The fourth-order valence-corrected chi connectivity index (χ4v) is 5.32. The molecule has 6 aromatic rings. The Kier molecular flexibility index (Phi) is 6.26. The molecule has 0 saturated carbocycles. The van der Waals surface area contributed by atoms with E-state index in [0.29, 0.717) is 5.71 Å². The summed E-state index contributed by atoms with van der Waals surface area (Å²) in [6.45, 7) is 0. The Labute approximate surface area is 238 Å². The number of nitrogens with one attached hydrogen (secondary N) is 2. The minimum Gasteiger partial charge on any atom is -0.464 e. The lowest BCUT2D eigenvalue weighted by atomic mass is 9.86. The number of fused-ring (bicyclic) bond motifs is 1.